The predicted molar refractivity (Wildman–Crippen MR) is 85.3 cm³/mol. The lowest BCUT2D eigenvalue weighted by atomic mass is 10.1. The Balaban J connectivity index is 1.88. The molecule has 0 unspecified atom stereocenters. The van der Waals surface area contributed by atoms with Gasteiger partial charge in [0.15, 0.2) is 0 Å². The van der Waals surface area contributed by atoms with Crippen LogP contribution in [0.4, 0.5) is 0 Å². The molecular weight excluding hydrogens is 310 g/mol. The fourth-order valence-corrected chi connectivity index (χ4v) is 2.92. The molecule has 0 spiro atoms. The number of carboxylic acids is 1. The number of aliphatic carboxylic acids is 1. The standard InChI is InChI=1S/C17H13N3O2S/c21-16(22)15(13-9-5-2-6-10-13)23-17-19-14(11-18-20-17)12-7-3-1-4-8-12/h1-11,15H,(H,21,22)/p-1/t15-/m0/s1. The summed E-state index contributed by atoms with van der Waals surface area (Å²) in [6.07, 6.45) is 1.55. The molecule has 0 saturated carbocycles. The van der Waals surface area contributed by atoms with Gasteiger partial charge in [0.1, 0.15) is 0 Å². The first-order chi connectivity index (χ1) is 11.2. The molecule has 0 aliphatic rings. The van der Waals surface area contributed by atoms with Gasteiger partial charge in [0.05, 0.1) is 23.1 Å². The van der Waals surface area contributed by atoms with Crippen molar-refractivity contribution in [2.45, 2.75) is 10.4 Å². The van der Waals surface area contributed by atoms with Gasteiger partial charge in [0, 0.05) is 5.56 Å². The van der Waals surface area contributed by atoms with Crippen LogP contribution in [0.25, 0.3) is 11.3 Å². The van der Waals surface area contributed by atoms with Crippen molar-refractivity contribution >= 4 is 17.7 Å². The molecule has 0 N–H and O–H groups in total. The van der Waals surface area contributed by atoms with Crippen molar-refractivity contribution in [2.24, 2.45) is 0 Å². The summed E-state index contributed by atoms with van der Waals surface area (Å²) in [4.78, 5) is 15.8. The molecule has 1 aromatic heterocycles. The van der Waals surface area contributed by atoms with E-state index in [-0.39, 0.29) is 0 Å². The Hall–Kier alpha value is -2.73. The van der Waals surface area contributed by atoms with Crippen molar-refractivity contribution in [1.82, 2.24) is 15.2 Å². The average molecular weight is 322 g/mol. The van der Waals surface area contributed by atoms with Crippen LogP contribution in [-0.4, -0.2) is 21.2 Å². The highest BCUT2D eigenvalue weighted by Gasteiger charge is 2.17. The third-order valence-corrected chi connectivity index (χ3v) is 4.23. The molecule has 1 atom stereocenters. The summed E-state index contributed by atoms with van der Waals surface area (Å²) in [5.74, 6) is -1.19. The molecule has 5 nitrogen and oxygen atoms in total. The van der Waals surface area contributed by atoms with E-state index >= 15 is 0 Å². The number of hydrogen-bond donors (Lipinski definition) is 0. The summed E-state index contributed by atoms with van der Waals surface area (Å²) in [7, 11) is 0. The summed E-state index contributed by atoms with van der Waals surface area (Å²) in [6.45, 7) is 0. The minimum Gasteiger partial charge on any atom is -0.549 e. The molecular formula is C17H12N3O2S-. The van der Waals surface area contributed by atoms with E-state index in [0.29, 0.717) is 16.4 Å². The third kappa shape index (κ3) is 3.73. The van der Waals surface area contributed by atoms with Crippen LogP contribution in [0.3, 0.4) is 0 Å². The highest BCUT2D eigenvalue weighted by atomic mass is 32.2. The molecule has 0 aliphatic carbocycles. The van der Waals surface area contributed by atoms with Crippen LogP contribution in [0.1, 0.15) is 10.8 Å². The van der Waals surface area contributed by atoms with Gasteiger partial charge < -0.3 is 9.90 Å². The molecule has 0 radical (unpaired) electrons. The number of carbonyl (C=O) groups excluding carboxylic acids is 1. The Bertz CT molecular complexity index is 797. The van der Waals surface area contributed by atoms with Gasteiger partial charge >= 0.3 is 0 Å². The molecule has 0 bridgehead atoms. The topological polar surface area (TPSA) is 78.8 Å². The lowest BCUT2D eigenvalue weighted by Gasteiger charge is -2.16. The summed E-state index contributed by atoms with van der Waals surface area (Å²) >= 11 is 1.01. The minimum absolute atomic E-state index is 0.296. The zero-order valence-corrected chi connectivity index (χ0v) is 12.8. The SMILES string of the molecule is O=C([O-])[C@@H](Sc1nncc(-c2ccccc2)n1)c1ccccc1. The molecule has 3 aromatic rings. The lowest BCUT2D eigenvalue weighted by Crippen LogP contribution is -2.28. The summed E-state index contributed by atoms with van der Waals surface area (Å²) < 4.78 is 0. The first kappa shape index (κ1) is 15.2. The molecule has 23 heavy (non-hydrogen) atoms. The van der Waals surface area contributed by atoms with E-state index in [1.807, 2.05) is 36.4 Å². The Labute approximate surface area is 137 Å². The van der Waals surface area contributed by atoms with E-state index in [0.717, 1.165) is 17.3 Å². The smallest absolute Gasteiger partial charge is 0.210 e. The second kappa shape index (κ2) is 7.02. The molecule has 3 rings (SSSR count). The zero-order valence-electron chi connectivity index (χ0n) is 12.0. The minimum atomic E-state index is -1.19. The van der Waals surface area contributed by atoms with E-state index in [1.54, 1.807) is 30.5 Å². The molecule has 0 saturated heterocycles. The number of nitrogens with zero attached hydrogens (tertiary/aromatic N) is 3. The lowest BCUT2D eigenvalue weighted by molar-refractivity contribution is -0.305. The molecule has 6 heteroatoms. The average Bonchev–Trinajstić information content (AvgIpc) is 2.61. The van der Waals surface area contributed by atoms with Gasteiger partial charge in [0.2, 0.25) is 5.16 Å². The molecule has 0 amide bonds. The van der Waals surface area contributed by atoms with Crippen LogP contribution in [0.5, 0.6) is 0 Å². The van der Waals surface area contributed by atoms with Crippen molar-refractivity contribution in [3.63, 3.8) is 0 Å². The molecule has 0 aliphatic heterocycles. The van der Waals surface area contributed by atoms with Gasteiger partial charge in [-0.05, 0) is 5.56 Å². The first-order valence-electron chi connectivity index (χ1n) is 6.91. The van der Waals surface area contributed by atoms with E-state index < -0.39 is 11.2 Å². The van der Waals surface area contributed by atoms with Gasteiger partial charge in [-0.2, -0.15) is 5.10 Å². The summed E-state index contributed by atoms with van der Waals surface area (Å²) in [6, 6.07) is 18.4. The highest BCUT2D eigenvalue weighted by molar-refractivity contribution is 8.00. The van der Waals surface area contributed by atoms with Crippen molar-refractivity contribution in [1.29, 1.82) is 0 Å². The van der Waals surface area contributed by atoms with Crippen LogP contribution < -0.4 is 5.11 Å². The molecule has 1 heterocycles. The number of thioether (sulfide) groups is 1. The van der Waals surface area contributed by atoms with Crippen LogP contribution in [0.15, 0.2) is 72.0 Å². The molecule has 2 aromatic carbocycles. The number of aromatic nitrogens is 3. The fraction of sp³-hybridized carbons (Fsp3) is 0.0588. The van der Waals surface area contributed by atoms with E-state index in [9.17, 15) is 9.90 Å². The number of benzene rings is 2. The van der Waals surface area contributed by atoms with Crippen molar-refractivity contribution < 1.29 is 9.90 Å². The number of hydrogen-bond acceptors (Lipinski definition) is 6. The molecule has 114 valence electrons. The third-order valence-electron chi connectivity index (χ3n) is 3.15. The zero-order chi connectivity index (χ0) is 16.1. The van der Waals surface area contributed by atoms with Crippen LogP contribution in [-0.2, 0) is 4.79 Å². The largest absolute Gasteiger partial charge is 0.549 e. The normalized spacial score (nSPS) is 11.8. The van der Waals surface area contributed by atoms with Crippen molar-refractivity contribution in [2.75, 3.05) is 0 Å². The van der Waals surface area contributed by atoms with Crippen LogP contribution in [0, 0.1) is 0 Å². The number of carbonyl (C=O) groups is 1. The second-order valence-electron chi connectivity index (χ2n) is 4.72. The first-order valence-corrected chi connectivity index (χ1v) is 7.79. The maximum Gasteiger partial charge on any atom is 0.210 e. The quantitative estimate of drug-likeness (QED) is 0.670. The van der Waals surface area contributed by atoms with Crippen LogP contribution in [0.2, 0.25) is 0 Å². The van der Waals surface area contributed by atoms with Crippen molar-refractivity contribution in [3.8, 4) is 11.3 Å². The van der Waals surface area contributed by atoms with E-state index in [4.69, 9.17) is 0 Å². The van der Waals surface area contributed by atoms with E-state index in [2.05, 4.69) is 15.2 Å². The Kier molecular flexibility index (Phi) is 4.63. The Morgan fingerprint density at radius 1 is 1.00 bits per heavy atom. The van der Waals surface area contributed by atoms with Gasteiger partial charge in [-0.25, -0.2) is 4.98 Å². The number of carboxylic acid groups (broad SMARTS) is 1. The maximum absolute atomic E-state index is 11.5. The summed E-state index contributed by atoms with van der Waals surface area (Å²) in [5.41, 5.74) is 2.17. The predicted octanol–water partition coefficient (Wildman–Crippen LogP) is 2.12. The monoisotopic (exact) mass is 322 g/mol. The van der Waals surface area contributed by atoms with Gasteiger partial charge in [-0.3, -0.25) is 0 Å². The van der Waals surface area contributed by atoms with Crippen molar-refractivity contribution in [3.05, 3.63) is 72.4 Å². The fourth-order valence-electron chi connectivity index (χ4n) is 2.07. The van der Waals surface area contributed by atoms with Gasteiger partial charge in [-0.15, -0.1) is 5.10 Å². The maximum atomic E-state index is 11.5. The van der Waals surface area contributed by atoms with Gasteiger partial charge in [0.25, 0.3) is 0 Å². The van der Waals surface area contributed by atoms with Crippen LogP contribution >= 0.6 is 11.8 Å². The highest BCUT2D eigenvalue weighted by Crippen LogP contribution is 2.33. The second-order valence-corrected chi connectivity index (χ2v) is 5.79. The van der Waals surface area contributed by atoms with Gasteiger partial charge in [-0.1, -0.05) is 72.4 Å². The number of rotatable bonds is 5. The Morgan fingerprint density at radius 3 is 2.30 bits per heavy atom. The Morgan fingerprint density at radius 2 is 1.65 bits per heavy atom. The summed E-state index contributed by atoms with van der Waals surface area (Å²) in [5, 5.41) is 18.7. The molecule has 0 fully saturated rings. The van der Waals surface area contributed by atoms with E-state index in [1.165, 1.54) is 0 Å².